The molecule has 74 valence electrons. The Morgan fingerprint density at radius 1 is 1.08 bits per heavy atom. The number of aldehydes is 1. The first-order valence-electron chi connectivity index (χ1n) is 5.12. The van der Waals surface area contributed by atoms with Crippen LogP contribution in [0.15, 0.2) is 0 Å². The van der Waals surface area contributed by atoms with Crippen LogP contribution < -0.4 is 0 Å². The molecule has 3 nitrogen and oxygen atoms in total. The molecule has 2 heterocycles. The maximum atomic E-state index is 10.6. The number of carbonyl (C=O) groups is 1. The maximum absolute atomic E-state index is 10.6. The Kier molecular flexibility index (Phi) is 2.96. The molecule has 0 spiro atoms. The van der Waals surface area contributed by atoms with Crippen LogP contribution in [0.3, 0.4) is 0 Å². The average Bonchev–Trinajstić information content (AvgIpc) is 2.71. The highest BCUT2D eigenvalue weighted by Gasteiger charge is 2.31. The molecule has 13 heavy (non-hydrogen) atoms. The molecule has 0 aromatic rings. The van der Waals surface area contributed by atoms with E-state index in [1.165, 1.54) is 0 Å². The lowest BCUT2D eigenvalue weighted by molar-refractivity contribution is -0.137. The minimum Gasteiger partial charge on any atom is -0.376 e. The molecular formula is C10H16O3. The van der Waals surface area contributed by atoms with Gasteiger partial charge in [-0.2, -0.15) is 0 Å². The quantitative estimate of drug-likeness (QED) is 0.607. The lowest BCUT2D eigenvalue weighted by Crippen LogP contribution is -2.36. The summed E-state index contributed by atoms with van der Waals surface area (Å²) in [4.78, 5) is 10.6. The van der Waals surface area contributed by atoms with Gasteiger partial charge in [-0.25, -0.2) is 0 Å². The van der Waals surface area contributed by atoms with E-state index in [-0.39, 0.29) is 18.3 Å². The minimum atomic E-state index is -0.178. The second-order valence-corrected chi connectivity index (χ2v) is 3.83. The molecule has 3 unspecified atom stereocenters. The van der Waals surface area contributed by atoms with Gasteiger partial charge in [0.1, 0.15) is 12.4 Å². The molecule has 0 aromatic carbocycles. The van der Waals surface area contributed by atoms with E-state index < -0.39 is 0 Å². The number of carbonyl (C=O) groups excluding carboxylic acids is 1. The third kappa shape index (κ3) is 2.09. The zero-order valence-electron chi connectivity index (χ0n) is 7.78. The van der Waals surface area contributed by atoms with Crippen LogP contribution in [0.5, 0.6) is 0 Å². The molecule has 0 bridgehead atoms. The topological polar surface area (TPSA) is 35.5 Å². The molecule has 2 fully saturated rings. The predicted molar refractivity (Wildman–Crippen MR) is 47.6 cm³/mol. The Labute approximate surface area is 78.4 Å². The van der Waals surface area contributed by atoms with Gasteiger partial charge in [-0.15, -0.1) is 0 Å². The molecule has 0 radical (unpaired) electrons. The van der Waals surface area contributed by atoms with Crippen molar-refractivity contribution >= 4 is 6.29 Å². The van der Waals surface area contributed by atoms with Gasteiger partial charge in [0.15, 0.2) is 0 Å². The maximum Gasteiger partial charge on any atom is 0.148 e. The monoisotopic (exact) mass is 184 g/mol. The van der Waals surface area contributed by atoms with Crippen LogP contribution in [0.25, 0.3) is 0 Å². The Bertz CT molecular complexity index is 175. The van der Waals surface area contributed by atoms with Gasteiger partial charge < -0.3 is 14.3 Å². The molecule has 0 saturated carbocycles. The number of hydrogen-bond donors (Lipinski definition) is 0. The summed E-state index contributed by atoms with van der Waals surface area (Å²) in [5.74, 6) is 0. The predicted octanol–water partition coefficient (Wildman–Crippen LogP) is 1.30. The Hall–Kier alpha value is -0.410. The number of hydrogen-bond acceptors (Lipinski definition) is 3. The van der Waals surface area contributed by atoms with E-state index >= 15 is 0 Å². The van der Waals surface area contributed by atoms with E-state index in [1.54, 1.807) is 0 Å². The van der Waals surface area contributed by atoms with Crippen molar-refractivity contribution in [3.05, 3.63) is 0 Å². The van der Waals surface area contributed by atoms with Crippen molar-refractivity contribution in [3.8, 4) is 0 Å². The molecule has 2 rings (SSSR count). The first-order valence-corrected chi connectivity index (χ1v) is 5.12. The molecule has 3 heteroatoms. The van der Waals surface area contributed by atoms with E-state index in [1.807, 2.05) is 0 Å². The first kappa shape index (κ1) is 9.16. The summed E-state index contributed by atoms with van der Waals surface area (Å²) in [6, 6.07) is 0. The highest BCUT2D eigenvalue weighted by atomic mass is 16.6. The summed E-state index contributed by atoms with van der Waals surface area (Å²) in [5.41, 5.74) is 0. The Morgan fingerprint density at radius 3 is 2.62 bits per heavy atom. The Balaban J connectivity index is 1.87. The van der Waals surface area contributed by atoms with Gasteiger partial charge in [-0.1, -0.05) is 0 Å². The van der Waals surface area contributed by atoms with Crippen LogP contribution in [-0.4, -0.2) is 31.2 Å². The lowest BCUT2D eigenvalue weighted by Gasteiger charge is -2.30. The van der Waals surface area contributed by atoms with Crippen LogP contribution in [0, 0.1) is 0 Å². The van der Waals surface area contributed by atoms with E-state index in [4.69, 9.17) is 9.47 Å². The summed E-state index contributed by atoms with van der Waals surface area (Å²) in [6.45, 7) is 0.857. The molecule has 3 atom stereocenters. The van der Waals surface area contributed by atoms with Gasteiger partial charge in [0.2, 0.25) is 0 Å². The van der Waals surface area contributed by atoms with Crippen molar-refractivity contribution in [1.82, 2.24) is 0 Å². The largest absolute Gasteiger partial charge is 0.376 e. The van der Waals surface area contributed by atoms with Crippen LogP contribution >= 0.6 is 0 Å². The van der Waals surface area contributed by atoms with Crippen LogP contribution in [0.1, 0.15) is 32.1 Å². The van der Waals surface area contributed by atoms with Crippen molar-refractivity contribution in [2.24, 2.45) is 0 Å². The molecule has 0 N–H and O–H groups in total. The fourth-order valence-electron chi connectivity index (χ4n) is 2.15. The molecule has 2 aliphatic heterocycles. The Morgan fingerprint density at radius 2 is 1.92 bits per heavy atom. The summed E-state index contributed by atoms with van der Waals surface area (Å²) in [6.07, 6.45) is 6.42. The summed E-state index contributed by atoms with van der Waals surface area (Å²) in [7, 11) is 0. The van der Waals surface area contributed by atoms with E-state index in [9.17, 15) is 4.79 Å². The first-order chi connectivity index (χ1) is 6.40. The third-order valence-corrected chi connectivity index (χ3v) is 2.86. The normalized spacial score (nSPS) is 40.5. The average molecular weight is 184 g/mol. The van der Waals surface area contributed by atoms with Gasteiger partial charge in [0, 0.05) is 6.61 Å². The standard InChI is InChI=1S/C10H16O3/c11-7-8-3-1-4-10(13-8)9-5-2-6-12-9/h7-10H,1-6H2. The van der Waals surface area contributed by atoms with Crippen molar-refractivity contribution in [3.63, 3.8) is 0 Å². The van der Waals surface area contributed by atoms with Gasteiger partial charge in [-0.3, -0.25) is 0 Å². The molecule has 2 aliphatic rings. The van der Waals surface area contributed by atoms with Gasteiger partial charge >= 0.3 is 0 Å². The lowest BCUT2D eigenvalue weighted by atomic mass is 9.99. The summed E-state index contributed by atoms with van der Waals surface area (Å²) in [5, 5.41) is 0. The van der Waals surface area contributed by atoms with E-state index in [0.717, 1.165) is 45.0 Å². The van der Waals surface area contributed by atoms with Crippen LogP contribution in [0.2, 0.25) is 0 Å². The molecule has 0 aliphatic carbocycles. The van der Waals surface area contributed by atoms with E-state index in [0.29, 0.717) is 0 Å². The number of rotatable bonds is 2. The van der Waals surface area contributed by atoms with Crippen molar-refractivity contribution < 1.29 is 14.3 Å². The zero-order chi connectivity index (χ0) is 9.10. The van der Waals surface area contributed by atoms with Crippen LogP contribution in [0.4, 0.5) is 0 Å². The molecule has 0 aromatic heterocycles. The van der Waals surface area contributed by atoms with Crippen molar-refractivity contribution in [2.45, 2.75) is 50.4 Å². The molecule has 2 saturated heterocycles. The van der Waals surface area contributed by atoms with Crippen molar-refractivity contribution in [1.29, 1.82) is 0 Å². The second kappa shape index (κ2) is 4.20. The van der Waals surface area contributed by atoms with Crippen LogP contribution in [-0.2, 0) is 14.3 Å². The van der Waals surface area contributed by atoms with E-state index in [2.05, 4.69) is 0 Å². The highest BCUT2D eigenvalue weighted by Crippen LogP contribution is 2.26. The number of ether oxygens (including phenoxy) is 2. The SMILES string of the molecule is O=CC1CCCC(C2CCCO2)O1. The molecule has 0 amide bonds. The fourth-order valence-corrected chi connectivity index (χ4v) is 2.15. The zero-order valence-corrected chi connectivity index (χ0v) is 7.78. The van der Waals surface area contributed by atoms with Gasteiger partial charge in [-0.05, 0) is 32.1 Å². The second-order valence-electron chi connectivity index (χ2n) is 3.83. The fraction of sp³-hybridized carbons (Fsp3) is 0.900. The van der Waals surface area contributed by atoms with Gasteiger partial charge in [0.05, 0.1) is 12.2 Å². The summed E-state index contributed by atoms with van der Waals surface area (Å²) >= 11 is 0. The smallest absolute Gasteiger partial charge is 0.148 e. The molecular weight excluding hydrogens is 168 g/mol. The van der Waals surface area contributed by atoms with Gasteiger partial charge in [0.25, 0.3) is 0 Å². The minimum absolute atomic E-state index is 0.173. The van der Waals surface area contributed by atoms with Crippen molar-refractivity contribution in [2.75, 3.05) is 6.61 Å². The highest BCUT2D eigenvalue weighted by molar-refractivity contribution is 5.56. The summed E-state index contributed by atoms with van der Waals surface area (Å²) < 4.78 is 11.2. The third-order valence-electron chi connectivity index (χ3n) is 2.86.